The summed E-state index contributed by atoms with van der Waals surface area (Å²) in [6.07, 6.45) is 8.34. The number of fused-ring (bicyclic) bond motifs is 1. The highest BCUT2D eigenvalue weighted by Gasteiger charge is 2.52. The molecule has 1 heterocycles. The summed E-state index contributed by atoms with van der Waals surface area (Å²) in [7, 11) is 0. The van der Waals surface area contributed by atoms with Gasteiger partial charge in [-0.15, -0.1) is 0 Å². The molecular weight excluding hydrogens is 608 g/mol. The predicted molar refractivity (Wildman–Crippen MR) is 175 cm³/mol. The van der Waals surface area contributed by atoms with Gasteiger partial charge in [0, 0.05) is 31.4 Å². The van der Waals surface area contributed by atoms with Gasteiger partial charge in [0.25, 0.3) is 0 Å². The highest BCUT2D eigenvalue weighted by Crippen LogP contribution is 2.43. The predicted octanol–water partition coefficient (Wildman–Crippen LogP) is 3.14. The van der Waals surface area contributed by atoms with Gasteiger partial charge in [-0.3, -0.25) is 9.59 Å². The second kappa shape index (κ2) is 19.5. The maximum Gasteiger partial charge on any atom is 0.339 e. The summed E-state index contributed by atoms with van der Waals surface area (Å²) in [4.78, 5) is 39.9. The summed E-state index contributed by atoms with van der Waals surface area (Å²) >= 11 is 0. The standard InChI is InChI=1S/C35H52N2O10/c1-4-6-10-15-35(16-11-7-5-2)46-29-23-26(32(41)37-30(24(3)40)33(42)36-17-18-38)22-28(31(29)47-35)45-34(43)27-13-9-8-12-25(27)14-20-44-21-19-39/h8-9,12-14,20,23-24,28-31,38-40H,4-7,10-11,15-19,21-22H2,1-3H3,(H,36,42)(H,37,41)/t24-,28+,29+,30+,31-/m0/s1. The number of benzene rings is 1. The first-order valence-electron chi connectivity index (χ1n) is 16.8. The minimum atomic E-state index is -1.27. The van der Waals surface area contributed by atoms with Crippen LogP contribution < -0.4 is 10.6 Å². The van der Waals surface area contributed by atoms with Crippen LogP contribution in [0.15, 0.2) is 42.2 Å². The van der Waals surface area contributed by atoms with E-state index in [0.29, 0.717) is 18.4 Å². The molecule has 3 rings (SSSR count). The molecule has 0 unspecified atom stereocenters. The average molecular weight is 661 g/mol. The van der Waals surface area contributed by atoms with Gasteiger partial charge in [-0.1, -0.05) is 57.7 Å². The molecule has 2 amide bonds. The minimum absolute atomic E-state index is 0.00942. The fraction of sp³-hybridized carbons (Fsp3) is 0.629. The van der Waals surface area contributed by atoms with Gasteiger partial charge in [-0.05, 0) is 43.5 Å². The minimum Gasteiger partial charge on any atom is -0.499 e. The molecule has 2 aliphatic rings. The molecule has 12 heteroatoms. The second-order valence-electron chi connectivity index (χ2n) is 12.0. The van der Waals surface area contributed by atoms with Crippen LogP contribution in [-0.2, 0) is 28.5 Å². The van der Waals surface area contributed by atoms with Crippen molar-refractivity contribution < 1.29 is 48.7 Å². The van der Waals surface area contributed by atoms with E-state index in [1.54, 1.807) is 36.4 Å². The van der Waals surface area contributed by atoms with Gasteiger partial charge in [0.05, 0.1) is 31.1 Å². The van der Waals surface area contributed by atoms with Gasteiger partial charge in [-0.2, -0.15) is 0 Å². The monoisotopic (exact) mass is 660 g/mol. The molecule has 12 nitrogen and oxygen atoms in total. The number of aliphatic hydroxyl groups is 3. The maximum absolute atomic E-state index is 13.7. The van der Waals surface area contributed by atoms with Crippen molar-refractivity contribution >= 4 is 23.9 Å². The van der Waals surface area contributed by atoms with E-state index >= 15 is 0 Å². The maximum atomic E-state index is 13.7. The van der Waals surface area contributed by atoms with Gasteiger partial charge in [0.15, 0.2) is 5.79 Å². The van der Waals surface area contributed by atoms with E-state index in [2.05, 4.69) is 24.5 Å². The van der Waals surface area contributed by atoms with Crippen LogP contribution in [0.4, 0.5) is 0 Å². The molecular formula is C35H52N2O10. The molecule has 47 heavy (non-hydrogen) atoms. The number of hydrogen-bond donors (Lipinski definition) is 5. The van der Waals surface area contributed by atoms with Crippen LogP contribution in [0.3, 0.4) is 0 Å². The third kappa shape index (κ3) is 11.1. The molecule has 5 atom stereocenters. The van der Waals surface area contributed by atoms with E-state index in [0.717, 1.165) is 38.5 Å². The molecule has 1 aromatic rings. The summed E-state index contributed by atoms with van der Waals surface area (Å²) in [6, 6.07) is 5.57. The van der Waals surface area contributed by atoms with Crippen LogP contribution in [0.1, 0.15) is 94.5 Å². The summed E-state index contributed by atoms with van der Waals surface area (Å²) in [5.41, 5.74) is 1.05. The summed E-state index contributed by atoms with van der Waals surface area (Å²) in [6.45, 7) is 5.27. The Morgan fingerprint density at radius 1 is 1.04 bits per heavy atom. The van der Waals surface area contributed by atoms with E-state index in [1.165, 1.54) is 13.2 Å². The lowest BCUT2D eigenvalue weighted by Crippen LogP contribution is -2.54. The summed E-state index contributed by atoms with van der Waals surface area (Å²) in [5.74, 6) is -2.78. The SMILES string of the molecule is CCCCCC1(CCCCC)O[C@@H]2[C@@H](C=C(C(=O)N[C@@H](C(=O)NCCO)[C@H](C)O)C[C@H]2OC(=O)c2ccccc2C=COCCO)O1. The van der Waals surface area contributed by atoms with Gasteiger partial charge >= 0.3 is 5.97 Å². The molecule has 0 bridgehead atoms. The lowest BCUT2D eigenvalue weighted by molar-refractivity contribution is -0.190. The Balaban J connectivity index is 1.92. The van der Waals surface area contributed by atoms with Crippen molar-refractivity contribution in [3.8, 4) is 0 Å². The molecule has 262 valence electrons. The number of ether oxygens (including phenoxy) is 4. The fourth-order valence-corrected chi connectivity index (χ4v) is 5.80. The Bertz CT molecular complexity index is 1210. The number of carbonyl (C=O) groups excluding carboxylic acids is 3. The van der Waals surface area contributed by atoms with Crippen molar-refractivity contribution in [1.29, 1.82) is 0 Å². The molecule has 5 N–H and O–H groups in total. The van der Waals surface area contributed by atoms with Crippen LogP contribution >= 0.6 is 0 Å². The van der Waals surface area contributed by atoms with Crippen molar-refractivity contribution in [2.24, 2.45) is 0 Å². The number of hydrogen-bond acceptors (Lipinski definition) is 10. The first kappa shape index (κ1) is 38.2. The Morgan fingerprint density at radius 3 is 2.38 bits per heavy atom. The van der Waals surface area contributed by atoms with Crippen molar-refractivity contribution in [1.82, 2.24) is 10.6 Å². The first-order chi connectivity index (χ1) is 22.7. The van der Waals surface area contributed by atoms with Crippen molar-refractivity contribution in [2.45, 2.75) is 115 Å². The zero-order chi connectivity index (χ0) is 34.2. The third-order valence-electron chi connectivity index (χ3n) is 8.25. The van der Waals surface area contributed by atoms with Crippen LogP contribution in [0.25, 0.3) is 6.08 Å². The molecule has 1 aromatic carbocycles. The lowest BCUT2D eigenvalue weighted by atomic mass is 9.91. The lowest BCUT2D eigenvalue weighted by Gasteiger charge is -2.31. The topological polar surface area (TPSA) is 173 Å². The molecule has 1 aliphatic heterocycles. The van der Waals surface area contributed by atoms with E-state index in [1.807, 2.05) is 0 Å². The number of amides is 2. The van der Waals surface area contributed by atoms with Crippen molar-refractivity contribution in [3.05, 3.63) is 53.3 Å². The molecule has 1 fully saturated rings. The summed E-state index contributed by atoms with van der Waals surface area (Å²) in [5, 5.41) is 33.4. The Kier molecular flexibility index (Phi) is 15.8. The molecule has 0 spiro atoms. The van der Waals surface area contributed by atoms with E-state index in [4.69, 9.17) is 29.2 Å². The number of aliphatic hydroxyl groups excluding tert-OH is 3. The average Bonchev–Trinajstić information content (AvgIpc) is 3.43. The molecule has 1 aliphatic carbocycles. The third-order valence-corrected chi connectivity index (χ3v) is 8.25. The Labute approximate surface area is 277 Å². The normalized spacial score (nSPS) is 21.4. The molecule has 1 saturated heterocycles. The van der Waals surface area contributed by atoms with Crippen molar-refractivity contribution in [3.63, 3.8) is 0 Å². The van der Waals surface area contributed by atoms with Gasteiger partial charge < -0.3 is 44.9 Å². The number of carbonyl (C=O) groups is 3. The van der Waals surface area contributed by atoms with Gasteiger partial charge in [0.1, 0.15) is 31.0 Å². The van der Waals surface area contributed by atoms with E-state index < -0.39 is 54.0 Å². The van der Waals surface area contributed by atoms with Gasteiger partial charge in [-0.25, -0.2) is 4.79 Å². The fourth-order valence-electron chi connectivity index (χ4n) is 5.80. The Morgan fingerprint density at radius 2 is 1.74 bits per heavy atom. The zero-order valence-corrected chi connectivity index (χ0v) is 27.8. The van der Waals surface area contributed by atoms with Crippen LogP contribution in [-0.4, -0.2) is 95.7 Å². The zero-order valence-electron chi connectivity index (χ0n) is 27.8. The number of esters is 1. The molecule has 0 aromatic heterocycles. The molecule has 0 saturated carbocycles. The number of nitrogens with one attached hydrogen (secondary N) is 2. The number of unbranched alkanes of at least 4 members (excludes halogenated alkanes) is 4. The van der Waals surface area contributed by atoms with E-state index in [9.17, 15) is 19.5 Å². The van der Waals surface area contributed by atoms with Crippen LogP contribution in [0.2, 0.25) is 0 Å². The molecule has 0 radical (unpaired) electrons. The highest BCUT2D eigenvalue weighted by atomic mass is 16.8. The Hall–Kier alpha value is -3.29. The van der Waals surface area contributed by atoms with Crippen LogP contribution in [0.5, 0.6) is 0 Å². The van der Waals surface area contributed by atoms with Crippen LogP contribution in [0, 0.1) is 0 Å². The van der Waals surface area contributed by atoms with Crippen molar-refractivity contribution in [2.75, 3.05) is 26.4 Å². The summed E-state index contributed by atoms with van der Waals surface area (Å²) < 4.78 is 24.6. The number of rotatable bonds is 20. The first-order valence-corrected chi connectivity index (χ1v) is 16.8. The largest absolute Gasteiger partial charge is 0.499 e. The highest BCUT2D eigenvalue weighted by molar-refractivity contribution is 5.98. The smallest absolute Gasteiger partial charge is 0.339 e. The second-order valence-corrected chi connectivity index (χ2v) is 12.0. The van der Waals surface area contributed by atoms with Gasteiger partial charge in [0.2, 0.25) is 11.8 Å². The van der Waals surface area contributed by atoms with E-state index in [-0.39, 0.29) is 43.9 Å². The quantitative estimate of drug-likeness (QED) is 0.0795.